The molecule has 0 radical (unpaired) electrons. The van der Waals surface area contributed by atoms with Gasteiger partial charge in [-0.15, -0.1) is 0 Å². The van der Waals surface area contributed by atoms with Crippen LogP contribution in [-0.4, -0.2) is 17.0 Å². The molecule has 0 aliphatic heterocycles. The minimum atomic E-state index is -0.502. The van der Waals surface area contributed by atoms with Gasteiger partial charge in [-0.3, -0.25) is 10.1 Å². The molecule has 2 rings (SSSR count). The molecule has 6 nitrogen and oxygen atoms in total. The summed E-state index contributed by atoms with van der Waals surface area (Å²) in [7, 11) is 1.39. The summed E-state index contributed by atoms with van der Waals surface area (Å²) in [5, 5.41) is 10.9. The van der Waals surface area contributed by atoms with Crippen molar-refractivity contribution in [3.8, 4) is 5.75 Å². The quantitative estimate of drug-likeness (QED) is 0.604. The lowest BCUT2D eigenvalue weighted by atomic mass is 9.97. The van der Waals surface area contributed by atoms with Gasteiger partial charge < -0.3 is 9.15 Å². The Morgan fingerprint density at radius 1 is 1.39 bits per heavy atom. The Balaban J connectivity index is 2.67. The number of oxazole rings is 1. The van der Waals surface area contributed by atoms with Crippen LogP contribution in [0.2, 0.25) is 0 Å². The van der Waals surface area contributed by atoms with Crippen molar-refractivity contribution in [2.75, 3.05) is 7.11 Å². The van der Waals surface area contributed by atoms with Crippen molar-refractivity contribution in [1.82, 2.24) is 4.98 Å². The molecule has 0 saturated carbocycles. The first kappa shape index (κ1) is 12.3. The van der Waals surface area contributed by atoms with Gasteiger partial charge in [-0.1, -0.05) is 20.8 Å². The van der Waals surface area contributed by atoms with Crippen LogP contribution < -0.4 is 4.74 Å². The van der Waals surface area contributed by atoms with Crippen LogP contribution in [0.25, 0.3) is 11.1 Å². The highest BCUT2D eigenvalue weighted by atomic mass is 16.6. The molecule has 1 heterocycles. The van der Waals surface area contributed by atoms with Crippen molar-refractivity contribution in [3.05, 3.63) is 28.1 Å². The zero-order valence-corrected chi connectivity index (χ0v) is 10.7. The molecule has 1 aromatic heterocycles. The Bertz CT molecular complexity index is 610. The number of hydrogen-bond acceptors (Lipinski definition) is 5. The van der Waals surface area contributed by atoms with E-state index in [1.165, 1.54) is 19.2 Å². The van der Waals surface area contributed by atoms with Gasteiger partial charge in [0.15, 0.2) is 11.3 Å². The van der Waals surface area contributed by atoms with Crippen LogP contribution in [0.1, 0.15) is 26.7 Å². The number of hydrogen-bond donors (Lipinski definition) is 0. The number of aromatic nitrogens is 1. The summed E-state index contributed by atoms with van der Waals surface area (Å²) in [6.45, 7) is 5.88. The van der Waals surface area contributed by atoms with Gasteiger partial charge in [-0.25, -0.2) is 4.98 Å². The van der Waals surface area contributed by atoms with Gasteiger partial charge in [-0.05, 0) is 0 Å². The number of nitro groups is 1. The van der Waals surface area contributed by atoms with E-state index in [9.17, 15) is 10.1 Å². The summed E-state index contributed by atoms with van der Waals surface area (Å²) in [5.41, 5.74) is 0.581. The van der Waals surface area contributed by atoms with E-state index in [2.05, 4.69) is 4.98 Å². The zero-order chi connectivity index (χ0) is 13.5. The molecule has 0 aliphatic rings. The molecule has 0 unspecified atom stereocenters. The topological polar surface area (TPSA) is 78.4 Å². The fraction of sp³-hybridized carbons (Fsp3) is 0.417. The second kappa shape index (κ2) is 3.97. The molecule has 0 amide bonds. The monoisotopic (exact) mass is 250 g/mol. The number of nitrogens with zero attached hydrogens (tertiary/aromatic N) is 2. The standard InChI is InChI=1S/C12H14N2O4/c1-12(2,3)11-13-7-5-10(17-4)8(14(15)16)6-9(7)18-11/h5-6H,1-4H3. The average Bonchev–Trinajstić information content (AvgIpc) is 2.69. The lowest BCUT2D eigenvalue weighted by Gasteiger charge is -2.11. The van der Waals surface area contributed by atoms with Crippen LogP contribution in [0, 0.1) is 10.1 Å². The lowest BCUT2D eigenvalue weighted by Crippen LogP contribution is -2.10. The first-order chi connectivity index (χ1) is 8.32. The number of nitro benzene ring substituents is 1. The van der Waals surface area contributed by atoms with Gasteiger partial charge in [-0.2, -0.15) is 0 Å². The number of ether oxygens (including phenoxy) is 1. The van der Waals surface area contributed by atoms with E-state index in [1.54, 1.807) is 0 Å². The Kier molecular flexibility index (Phi) is 2.73. The summed E-state index contributed by atoms with van der Waals surface area (Å²) >= 11 is 0. The summed E-state index contributed by atoms with van der Waals surface area (Å²) in [5.74, 6) is 0.723. The number of fused-ring (bicyclic) bond motifs is 1. The molecule has 18 heavy (non-hydrogen) atoms. The van der Waals surface area contributed by atoms with Gasteiger partial charge in [0.05, 0.1) is 18.1 Å². The average molecular weight is 250 g/mol. The molecule has 1 aromatic carbocycles. The lowest BCUT2D eigenvalue weighted by molar-refractivity contribution is -0.385. The number of methoxy groups -OCH3 is 1. The Labute approximate surface area is 104 Å². The van der Waals surface area contributed by atoms with Crippen LogP contribution >= 0.6 is 0 Å². The largest absolute Gasteiger partial charge is 0.490 e. The van der Waals surface area contributed by atoms with E-state index < -0.39 is 4.92 Å². The van der Waals surface area contributed by atoms with Crippen molar-refractivity contribution < 1.29 is 14.1 Å². The first-order valence-electron chi connectivity index (χ1n) is 5.46. The molecule has 0 aliphatic carbocycles. The third kappa shape index (κ3) is 2.01. The van der Waals surface area contributed by atoms with Gasteiger partial charge in [0.1, 0.15) is 5.52 Å². The van der Waals surface area contributed by atoms with Crippen LogP contribution in [0.3, 0.4) is 0 Å². The van der Waals surface area contributed by atoms with E-state index in [0.717, 1.165) is 0 Å². The van der Waals surface area contributed by atoms with E-state index in [-0.39, 0.29) is 16.9 Å². The predicted molar refractivity (Wildman–Crippen MR) is 65.9 cm³/mol. The molecule has 0 N–H and O–H groups in total. The van der Waals surface area contributed by atoms with E-state index in [0.29, 0.717) is 17.0 Å². The van der Waals surface area contributed by atoms with Gasteiger partial charge >= 0.3 is 5.69 Å². The minimum absolute atomic E-state index is 0.124. The van der Waals surface area contributed by atoms with Crippen molar-refractivity contribution in [2.45, 2.75) is 26.2 Å². The molecule has 0 atom stereocenters. The maximum atomic E-state index is 10.9. The van der Waals surface area contributed by atoms with E-state index in [1.807, 2.05) is 20.8 Å². The van der Waals surface area contributed by atoms with Crippen LogP contribution in [0.5, 0.6) is 5.75 Å². The van der Waals surface area contributed by atoms with Crippen molar-refractivity contribution in [1.29, 1.82) is 0 Å². The Morgan fingerprint density at radius 2 is 2.06 bits per heavy atom. The summed E-state index contributed by atoms with van der Waals surface area (Å²) in [4.78, 5) is 14.7. The van der Waals surface area contributed by atoms with Gasteiger partial charge in [0, 0.05) is 11.5 Å². The second-order valence-electron chi connectivity index (χ2n) is 5.02. The van der Waals surface area contributed by atoms with Crippen molar-refractivity contribution >= 4 is 16.8 Å². The third-order valence-electron chi connectivity index (χ3n) is 2.53. The summed E-state index contributed by atoms with van der Waals surface area (Å²) < 4.78 is 10.5. The highest BCUT2D eigenvalue weighted by Gasteiger charge is 2.24. The molecule has 2 aromatic rings. The Hall–Kier alpha value is -2.11. The molecular formula is C12H14N2O4. The van der Waals surface area contributed by atoms with E-state index in [4.69, 9.17) is 9.15 Å². The molecule has 6 heteroatoms. The third-order valence-corrected chi connectivity index (χ3v) is 2.53. The maximum absolute atomic E-state index is 10.9. The SMILES string of the molecule is COc1cc2nc(C(C)(C)C)oc2cc1[N+](=O)[O-]. The molecule has 0 spiro atoms. The molecule has 0 bridgehead atoms. The number of rotatable bonds is 2. The number of benzene rings is 1. The second-order valence-corrected chi connectivity index (χ2v) is 5.02. The van der Waals surface area contributed by atoms with Crippen molar-refractivity contribution in [3.63, 3.8) is 0 Å². The molecule has 0 fully saturated rings. The molecular weight excluding hydrogens is 236 g/mol. The summed E-state index contributed by atoms with van der Waals surface area (Å²) in [6, 6.07) is 2.86. The summed E-state index contributed by atoms with van der Waals surface area (Å²) in [6.07, 6.45) is 0. The highest BCUT2D eigenvalue weighted by molar-refractivity contribution is 5.79. The van der Waals surface area contributed by atoms with E-state index >= 15 is 0 Å². The molecule has 96 valence electrons. The predicted octanol–water partition coefficient (Wildman–Crippen LogP) is 3.04. The highest BCUT2D eigenvalue weighted by Crippen LogP contribution is 2.34. The van der Waals surface area contributed by atoms with Gasteiger partial charge in [0.2, 0.25) is 5.89 Å². The normalized spacial score (nSPS) is 11.8. The van der Waals surface area contributed by atoms with Crippen LogP contribution in [0.4, 0.5) is 5.69 Å². The first-order valence-corrected chi connectivity index (χ1v) is 5.46. The smallest absolute Gasteiger partial charge is 0.314 e. The Morgan fingerprint density at radius 3 is 2.56 bits per heavy atom. The molecule has 0 saturated heterocycles. The fourth-order valence-electron chi connectivity index (χ4n) is 1.57. The van der Waals surface area contributed by atoms with Crippen LogP contribution in [0.15, 0.2) is 16.5 Å². The van der Waals surface area contributed by atoms with Gasteiger partial charge in [0.25, 0.3) is 0 Å². The minimum Gasteiger partial charge on any atom is -0.490 e. The van der Waals surface area contributed by atoms with Crippen LogP contribution in [-0.2, 0) is 5.41 Å². The van der Waals surface area contributed by atoms with Crippen molar-refractivity contribution in [2.24, 2.45) is 0 Å². The maximum Gasteiger partial charge on any atom is 0.314 e. The fourth-order valence-corrected chi connectivity index (χ4v) is 1.57. The zero-order valence-electron chi connectivity index (χ0n) is 10.7.